The van der Waals surface area contributed by atoms with E-state index in [0.29, 0.717) is 5.92 Å². The van der Waals surface area contributed by atoms with Gasteiger partial charge >= 0.3 is 0 Å². The average Bonchev–Trinajstić information content (AvgIpc) is 2.43. The van der Waals surface area contributed by atoms with Gasteiger partial charge in [-0.15, -0.1) is 0 Å². The molecule has 2 nitrogen and oxygen atoms in total. The third-order valence-electron chi connectivity index (χ3n) is 3.73. The fraction of sp³-hybridized carbons (Fsp3) is 0.421. The van der Waals surface area contributed by atoms with E-state index in [9.17, 15) is 0 Å². The van der Waals surface area contributed by atoms with Crippen LogP contribution in [0, 0.1) is 26.7 Å². The van der Waals surface area contributed by atoms with E-state index < -0.39 is 0 Å². The molecule has 0 atom stereocenters. The summed E-state index contributed by atoms with van der Waals surface area (Å²) in [5.41, 5.74) is 7.26. The van der Waals surface area contributed by atoms with E-state index in [1.807, 2.05) is 0 Å². The average molecular weight is 282 g/mol. The summed E-state index contributed by atoms with van der Waals surface area (Å²) in [5.74, 6) is 0.674. The fourth-order valence-corrected chi connectivity index (χ4v) is 2.43. The third kappa shape index (κ3) is 4.15. The Bertz CT molecular complexity index is 615. The highest BCUT2D eigenvalue weighted by Gasteiger charge is 2.07. The Kier molecular flexibility index (Phi) is 5.13. The van der Waals surface area contributed by atoms with Gasteiger partial charge in [0, 0.05) is 17.8 Å². The Hall–Kier alpha value is -1.67. The molecule has 0 amide bonds. The first kappa shape index (κ1) is 15.7. The highest BCUT2D eigenvalue weighted by molar-refractivity contribution is 5.64. The highest BCUT2D eigenvalue weighted by atomic mass is 14.9. The maximum absolute atomic E-state index is 4.80. The Morgan fingerprint density at radius 2 is 1.81 bits per heavy atom. The topological polar surface area (TPSA) is 24.9 Å². The minimum Gasteiger partial charge on any atom is -0.312 e. The number of aromatic nitrogens is 1. The van der Waals surface area contributed by atoms with Crippen molar-refractivity contribution in [2.24, 2.45) is 5.92 Å². The van der Waals surface area contributed by atoms with Crippen LogP contribution in [0.3, 0.4) is 0 Å². The number of rotatable bonds is 5. The number of hydrogen-bond acceptors (Lipinski definition) is 2. The Labute approximate surface area is 128 Å². The molecule has 21 heavy (non-hydrogen) atoms. The molecule has 1 aromatic heterocycles. The summed E-state index contributed by atoms with van der Waals surface area (Å²) >= 11 is 0. The zero-order chi connectivity index (χ0) is 15.4. The number of aryl methyl sites for hydroxylation is 3. The molecule has 0 saturated heterocycles. The minimum absolute atomic E-state index is 0.674. The van der Waals surface area contributed by atoms with Crippen molar-refractivity contribution >= 4 is 0 Å². The van der Waals surface area contributed by atoms with Gasteiger partial charge in [-0.25, -0.2) is 0 Å². The van der Waals surface area contributed by atoms with Crippen LogP contribution < -0.4 is 5.32 Å². The normalized spacial score (nSPS) is 11.1. The molecule has 0 saturated carbocycles. The summed E-state index contributed by atoms with van der Waals surface area (Å²) < 4.78 is 0. The summed E-state index contributed by atoms with van der Waals surface area (Å²) in [6, 6.07) is 10.9. The first-order valence-electron chi connectivity index (χ1n) is 7.72. The number of benzene rings is 1. The van der Waals surface area contributed by atoms with Gasteiger partial charge in [0.15, 0.2) is 0 Å². The largest absolute Gasteiger partial charge is 0.312 e. The van der Waals surface area contributed by atoms with Gasteiger partial charge in [-0.1, -0.05) is 37.6 Å². The van der Waals surface area contributed by atoms with Crippen molar-refractivity contribution in [3.63, 3.8) is 0 Å². The molecule has 0 unspecified atom stereocenters. The molecule has 2 rings (SSSR count). The molecular formula is C19H26N2. The molecule has 0 aliphatic carbocycles. The first-order valence-corrected chi connectivity index (χ1v) is 7.72. The van der Waals surface area contributed by atoms with E-state index in [0.717, 1.165) is 24.5 Å². The van der Waals surface area contributed by atoms with E-state index in [1.54, 1.807) is 0 Å². The van der Waals surface area contributed by atoms with Gasteiger partial charge in [-0.05, 0) is 56.5 Å². The molecule has 0 bridgehead atoms. The van der Waals surface area contributed by atoms with Crippen molar-refractivity contribution in [3.05, 3.63) is 52.7 Å². The predicted molar refractivity (Wildman–Crippen MR) is 90.4 cm³/mol. The van der Waals surface area contributed by atoms with E-state index in [-0.39, 0.29) is 0 Å². The Balaban J connectivity index is 2.20. The summed E-state index contributed by atoms with van der Waals surface area (Å²) in [6.45, 7) is 12.7. The van der Waals surface area contributed by atoms with Crippen LogP contribution in [0.25, 0.3) is 11.3 Å². The van der Waals surface area contributed by atoms with Crippen LogP contribution in [0.5, 0.6) is 0 Å². The van der Waals surface area contributed by atoms with Crippen molar-refractivity contribution in [1.29, 1.82) is 0 Å². The van der Waals surface area contributed by atoms with Gasteiger partial charge in [0.2, 0.25) is 0 Å². The monoisotopic (exact) mass is 282 g/mol. The molecule has 0 aliphatic rings. The van der Waals surface area contributed by atoms with Gasteiger partial charge in [0.05, 0.1) is 5.69 Å². The van der Waals surface area contributed by atoms with Gasteiger partial charge < -0.3 is 5.32 Å². The molecule has 112 valence electrons. The Morgan fingerprint density at radius 3 is 2.48 bits per heavy atom. The molecule has 1 aromatic carbocycles. The molecule has 2 heteroatoms. The van der Waals surface area contributed by atoms with E-state index >= 15 is 0 Å². The van der Waals surface area contributed by atoms with Crippen molar-refractivity contribution in [3.8, 4) is 11.3 Å². The van der Waals surface area contributed by atoms with E-state index in [4.69, 9.17) is 4.98 Å². The second-order valence-corrected chi connectivity index (χ2v) is 6.28. The number of hydrogen-bond donors (Lipinski definition) is 1. The summed E-state index contributed by atoms with van der Waals surface area (Å²) in [6.07, 6.45) is 0. The fourth-order valence-electron chi connectivity index (χ4n) is 2.43. The van der Waals surface area contributed by atoms with E-state index in [2.05, 4.69) is 70.3 Å². The summed E-state index contributed by atoms with van der Waals surface area (Å²) in [7, 11) is 0. The third-order valence-corrected chi connectivity index (χ3v) is 3.73. The summed E-state index contributed by atoms with van der Waals surface area (Å²) in [5, 5.41) is 3.48. The van der Waals surface area contributed by atoms with Crippen LogP contribution in [0.1, 0.15) is 36.2 Å². The molecule has 2 aromatic rings. The van der Waals surface area contributed by atoms with E-state index in [1.165, 1.54) is 22.3 Å². The maximum Gasteiger partial charge on any atom is 0.0708 e. The molecule has 0 radical (unpaired) electrons. The second-order valence-electron chi connectivity index (χ2n) is 6.28. The van der Waals surface area contributed by atoms with Crippen LogP contribution in [-0.2, 0) is 6.54 Å². The number of nitrogens with zero attached hydrogens (tertiary/aromatic N) is 1. The van der Waals surface area contributed by atoms with Crippen LogP contribution >= 0.6 is 0 Å². The lowest BCUT2D eigenvalue weighted by molar-refractivity contribution is 0.551. The van der Waals surface area contributed by atoms with Crippen LogP contribution in [0.4, 0.5) is 0 Å². The van der Waals surface area contributed by atoms with Crippen molar-refractivity contribution in [1.82, 2.24) is 10.3 Å². The van der Waals surface area contributed by atoms with Crippen molar-refractivity contribution in [2.45, 2.75) is 41.2 Å². The number of pyridine rings is 1. The quantitative estimate of drug-likeness (QED) is 0.878. The first-order chi connectivity index (χ1) is 9.97. The lowest BCUT2D eigenvalue weighted by atomic mass is 10.0. The van der Waals surface area contributed by atoms with Gasteiger partial charge in [-0.2, -0.15) is 0 Å². The standard InChI is InChI=1S/C19H26N2/c1-13(2)11-20-12-17-8-9-19(21-16(17)5)18-10-14(3)6-7-15(18)4/h6-10,13,20H,11-12H2,1-5H3. The van der Waals surface area contributed by atoms with Crippen LogP contribution in [-0.4, -0.2) is 11.5 Å². The second kappa shape index (κ2) is 6.86. The molecule has 0 aliphatic heterocycles. The summed E-state index contributed by atoms with van der Waals surface area (Å²) in [4.78, 5) is 4.80. The number of nitrogens with one attached hydrogen (secondary N) is 1. The van der Waals surface area contributed by atoms with Crippen molar-refractivity contribution < 1.29 is 0 Å². The lowest BCUT2D eigenvalue weighted by Crippen LogP contribution is -2.19. The molecule has 0 spiro atoms. The maximum atomic E-state index is 4.80. The van der Waals surface area contributed by atoms with Crippen LogP contribution in [0.2, 0.25) is 0 Å². The highest BCUT2D eigenvalue weighted by Crippen LogP contribution is 2.24. The molecular weight excluding hydrogens is 256 g/mol. The zero-order valence-corrected chi connectivity index (χ0v) is 13.8. The van der Waals surface area contributed by atoms with Crippen LogP contribution in [0.15, 0.2) is 30.3 Å². The molecule has 1 N–H and O–H groups in total. The smallest absolute Gasteiger partial charge is 0.0708 e. The Morgan fingerprint density at radius 1 is 1.05 bits per heavy atom. The van der Waals surface area contributed by atoms with Gasteiger partial charge in [0.1, 0.15) is 0 Å². The van der Waals surface area contributed by atoms with Gasteiger partial charge in [-0.3, -0.25) is 4.98 Å². The minimum atomic E-state index is 0.674. The predicted octanol–water partition coefficient (Wildman–Crippen LogP) is 4.42. The zero-order valence-electron chi connectivity index (χ0n) is 13.8. The molecule has 1 heterocycles. The van der Waals surface area contributed by atoms with Crippen molar-refractivity contribution in [2.75, 3.05) is 6.54 Å². The molecule has 0 fully saturated rings. The SMILES string of the molecule is Cc1ccc(C)c(-c2ccc(CNCC(C)C)c(C)n2)c1. The van der Waals surface area contributed by atoms with Gasteiger partial charge in [0.25, 0.3) is 0 Å². The lowest BCUT2D eigenvalue weighted by Gasteiger charge is -2.12.